The first-order valence-electron chi connectivity index (χ1n) is 7.39. The van der Waals surface area contributed by atoms with Gasteiger partial charge in [0.15, 0.2) is 5.06 Å². The SMILES string of the molecule is N#Cc1cccc(Oc2ccc(CN(N)C(=O)c3cccnc3)s2)c1. The van der Waals surface area contributed by atoms with Gasteiger partial charge in [-0.15, -0.1) is 11.3 Å². The van der Waals surface area contributed by atoms with E-state index in [4.69, 9.17) is 15.8 Å². The van der Waals surface area contributed by atoms with Crippen molar-refractivity contribution in [1.29, 1.82) is 5.26 Å². The molecule has 1 aromatic carbocycles. The maximum atomic E-state index is 12.2. The normalized spacial score (nSPS) is 10.1. The Balaban J connectivity index is 1.65. The molecule has 0 bridgehead atoms. The standard InChI is InChI=1S/C18H14N4O2S/c19-10-13-3-1-5-15(9-13)24-17-7-6-16(25-17)12-22(20)18(23)14-4-2-8-21-11-14/h1-9,11H,12,20H2. The molecule has 0 saturated carbocycles. The number of nitriles is 1. The highest BCUT2D eigenvalue weighted by Crippen LogP contribution is 2.30. The van der Waals surface area contributed by atoms with E-state index >= 15 is 0 Å². The van der Waals surface area contributed by atoms with Crippen molar-refractivity contribution < 1.29 is 9.53 Å². The number of pyridine rings is 1. The Hall–Kier alpha value is -3.21. The maximum absolute atomic E-state index is 12.2. The van der Waals surface area contributed by atoms with Gasteiger partial charge in [-0.05, 0) is 42.5 Å². The minimum absolute atomic E-state index is 0.264. The lowest BCUT2D eigenvalue weighted by atomic mass is 10.2. The molecule has 2 aromatic heterocycles. The second kappa shape index (κ2) is 7.57. The van der Waals surface area contributed by atoms with Crippen LogP contribution in [0, 0.1) is 11.3 Å². The number of amides is 1. The average Bonchev–Trinajstić information content (AvgIpc) is 3.08. The van der Waals surface area contributed by atoms with Crippen LogP contribution < -0.4 is 10.6 Å². The average molecular weight is 350 g/mol. The molecule has 0 unspecified atom stereocenters. The van der Waals surface area contributed by atoms with E-state index in [1.54, 1.807) is 48.7 Å². The highest BCUT2D eigenvalue weighted by Gasteiger charge is 2.14. The molecule has 0 saturated heterocycles. The molecule has 124 valence electrons. The number of hydrogen-bond donors (Lipinski definition) is 1. The van der Waals surface area contributed by atoms with Gasteiger partial charge in [-0.3, -0.25) is 14.8 Å². The fraction of sp³-hybridized carbons (Fsp3) is 0.0556. The molecule has 0 aliphatic rings. The third-order valence-electron chi connectivity index (χ3n) is 3.31. The van der Waals surface area contributed by atoms with Gasteiger partial charge in [-0.25, -0.2) is 5.84 Å². The number of aromatic nitrogens is 1. The number of rotatable bonds is 5. The smallest absolute Gasteiger partial charge is 0.269 e. The van der Waals surface area contributed by atoms with Gasteiger partial charge in [0.05, 0.1) is 23.7 Å². The molecule has 0 spiro atoms. The van der Waals surface area contributed by atoms with Crippen molar-refractivity contribution in [2.24, 2.45) is 5.84 Å². The molecule has 0 radical (unpaired) electrons. The Kier molecular flexibility index (Phi) is 5.04. The number of carbonyl (C=O) groups is 1. The minimum Gasteiger partial charge on any atom is -0.447 e. The summed E-state index contributed by atoms with van der Waals surface area (Å²) in [6, 6.07) is 16.0. The van der Waals surface area contributed by atoms with Crippen molar-refractivity contribution in [3.8, 4) is 16.9 Å². The molecule has 2 heterocycles. The van der Waals surface area contributed by atoms with E-state index in [0.717, 1.165) is 9.89 Å². The van der Waals surface area contributed by atoms with E-state index in [-0.39, 0.29) is 12.5 Å². The summed E-state index contributed by atoms with van der Waals surface area (Å²) in [5.41, 5.74) is 0.968. The van der Waals surface area contributed by atoms with Crippen molar-refractivity contribution >= 4 is 17.2 Å². The number of thiophene rings is 1. The molecular formula is C18H14N4O2S. The molecule has 3 rings (SSSR count). The third kappa shape index (κ3) is 4.20. The highest BCUT2D eigenvalue weighted by molar-refractivity contribution is 7.13. The molecule has 3 aromatic rings. The lowest BCUT2D eigenvalue weighted by Gasteiger charge is -2.15. The summed E-state index contributed by atoms with van der Waals surface area (Å²) in [6.07, 6.45) is 3.08. The predicted molar refractivity (Wildman–Crippen MR) is 93.8 cm³/mol. The van der Waals surface area contributed by atoms with Gasteiger partial charge in [-0.1, -0.05) is 6.07 Å². The van der Waals surface area contributed by atoms with Crippen LogP contribution >= 0.6 is 11.3 Å². The van der Waals surface area contributed by atoms with Crippen LogP contribution in [0.25, 0.3) is 0 Å². The molecule has 25 heavy (non-hydrogen) atoms. The number of carbonyl (C=O) groups excluding carboxylic acids is 1. The van der Waals surface area contributed by atoms with Crippen LogP contribution in [0.1, 0.15) is 20.8 Å². The summed E-state index contributed by atoms with van der Waals surface area (Å²) in [4.78, 5) is 17.0. The van der Waals surface area contributed by atoms with Gasteiger partial charge >= 0.3 is 0 Å². The van der Waals surface area contributed by atoms with Gasteiger partial charge in [-0.2, -0.15) is 5.26 Å². The van der Waals surface area contributed by atoms with Crippen molar-refractivity contribution in [2.45, 2.75) is 6.54 Å². The Morgan fingerprint density at radius 3 is 2.92 bits per heavy atom. The Morgan fingerprint density at radius 2 is 2.16 bits per heavy atom. The van der Waals surface area contributed by atoms with Crippen LogP contribution in [-0.4, -0.2) is 15.9 Å². The van der Waals surface area contributed by atoms with Gasteiger partial charge in [0.1, 0.15) is 5.75 Å². The maximum Gasteiger partial charge on any atom is 0.269 e. The number of nitrogens with two attached hydrogens (primary N) is 1. The Morgan fingerprint density at radius 1 is 1.28 bits per heavy atom. The third-order valence-corrected chi connectivity index (χ3v) is 4.26. The lowest BCUT2D eigenvalue weighted by molar-refractivity contribution is 0.0744. The number of benzene rings is 1. The second-order valence-corrected chi connectivity index (χ2v) is 6.27. The van der Waals surface area contributed by atoms with Crippen LogP contribution in [0.15, 0.2) is 60.9 Å². The molecule has 0 fully saturated rings. The molecule has 2 N–H and O–H groups in total. The molecule has 0 aliphatic carbocycles. The van der Waals surface area contributed by atoms with E-state index in [0.29, 0.717) is 21.9 Å². The summed E-state index contributed by atoms with van der Waals surface area (Å²) in [7, 11) is 0. The fourth-order valence-corrected chi connectivity index (χ4v) is 3.01. The monoisotopic (exact) mass is 350 g/mol. The number of hydrogen-bond acceptors (Lipinski definition) is 6. The molecule has 0 atom stereocenters. The van der Waals surface area contributed by atoms with Crippen molar-refractivity contribution in [2.75, 3.05) is 0 Å². The molecule has 0 aliphatic heterocycles. The minimum atomic E-state index is -0.300. The van der Waals surface area contributed by atoms with Crippen molar-refractivity contribution in [3.63, 3.8) is 0 Å². The summed E-state index contributed by atoms with van der Waals surface area (Å²) in [6.45, 7) is 0.264. The van der Waals surface area contributed by atoms with E-state index < -0.39 is 0 Å². The lowest BCUT2D eigenvalue weighted by Crippen LogP contribution is -2.36. The predicted octanol–water partition coefficient (Wildman–Crippen LogP) is 3.32. The van der Waals surface area contributed by atoms with Crippen LogP contribution in [0.3, 0.4) is 0 Å². The van der Waals surface area contributed by atoms with E-state index in [1.807, 2.05) is 6.07 Å². The first kappa shape index (κ1) is 16.6. The van der Waals surface area contributed by atoms with Crippen LogP contribution in [0.5, 0.6) is 10.8 Å². The highest BCUT2D eigenvalue weighted by atomic mass is 32.1. The Bertz CT molecular complexity index is 918. The molecule has 6 nitrogen and oxygen atoms in total. The zero-order chi connectivity index (χ0) is 17.6. The van der Waals surface area contributed by atoms with E-state index in [1.165, 1.54) is 17.5 Å². The summed E-state index contributed by atoms with van der Waals surface area (Å²) in [5, 5.41) is 10.7. The number of ether oxygens (including phenoxy) is 1. The zero-order valence-electron chi connectivity index (χ0n) is 13.1. The van der Waals surface area contributed by atoms with Gasteiger partial charge in [0.2, 0.25) is 0 Å². The fourth-order valence-electron chi connectivity index (χ4n) is 2.14. The first-order chi connectivity index (χ1) is 12.2. The second-order valence-electron chi connectivity index (χ2n) is 5.14. The summed E-state index contributed by atoms with van der Waals surface area (Å²) >= 11 is 1.39. The van der Waals surface area contributed by atoms with Gasteiger partial charge < -0.3 is 4.74 Å². The molecule has 7 heteroatoms. The number of hydrazine groups is 1. The molecule has 1 amide bonds. The number of nitrogens with zero attached hydrogens (tertiary/aromatic N) is 3. The topological polar surface area (TPSA) is 92.2 Å². The first-order valence-corrected chi connectivity index (χ1v) is 8.20. The quantitative estimate of drug-likeness (QED) is 0.433. The van der Waals surface area contributed by atoms with Crippen LogP contribution in [0.2, 0.25) is 0 Å². The zero-order valence-corrected chi connectivity index (χ0v) is 13.9. The van der Waals surface area contributed by atoms with Gasteiger partial charge in [0.25, 0.3) is 5.91 Å². The largest absolute Gasteiger partial charge is 0.447 e. The van der Waals surface area contributed by atoms with Crippen LogP contribution in [0.4, 0.5) is 0 Å². The van der Waals surface area contributed by atoms with E-state index in [2.05, 4.69) is 11.1 Å². The molecular weight excluding hydrogens is 336 g/mol. The van der Waals surface area contributed by atoms with E-state index in [9.17, 15) is 4.79 Å². The van der Waals surface area contributed by atoms with Gasteiger partial charge in [0, 0.05) is 17.3 Å². The summed E-state index contributed by atoms with van der Waals surface area (Å²) < 4.78 is 5.74. The summed E-state index contributed by atoms with van der Waals surface area (Å²) in [5.74, 6) is 6.15. The van der Waals surface area contributed by atoms with Crippen LogP contribution in [-0.2, 0) is 6.54 Å². The van der Waals surface area contributed by atoms with Crippen molar-refractivity contribution in [3.05, 3.63) is 76.9 Å². The Labute approximate surface area is 148 Å². The van der Waals surface area contributed by atoms with Crippen molar-refractivity contribution in [1.82, 2.24) is 9.99 Å².